The molecule has 1 unspecified atom stereocenters. The topological polar surface area (TPSA) is 29.5 Å². The van der Waals surface area contributed by atoms with E-state index in [-0.39, 0.29) is 19.4 Å². The van der Waals surface area contributed by atoms with E-state index in [2.05, 4.69) is 0 Å². The van der Waals surface area contributed by atoms with Crippen LogP contribution in [0.3, 0.4) is 0 Å². The van der Waals surface area contributed by atoms with E-state index >= 15 is 0 Å². The fraction of sp³-hybridized carbons (Fsp3) is 0.500. The minimum absolute atomic E-state index is 0.0157. The maximum Gasteiger partial charge on any atom is 0.389 e. The summed E-state index contributed by atoms with van der Waals surface area (Å²) < 4.78 is 40.8. The number of rotatable bonds is 6. The van der Waals surface area contributed by atoms with Crippen LogP contribution in [0.25, 0.3) is 0 Å². The van der Waals surface area contributed by atoms with Crippen molar-refractivity contribution in [3.8, 4) is 5.75 Å². The zero-order valence-corrected chi connectivity index (χ0v) is 9.28. The molecule has 0 amide bonds. The van der Waals surface area contributed by atoms with E-state index in [0.717, 1.165) is 0 Å². The maximum atomic E-state index is 11.8. The molecular formula is C12H15F3O2. The summed E-state index contributed by atoms with van der Waals surface area (Å²) in [5.74, 6) is 0.599. The quantitative estimate of drug-likeness (QED) is 0.838. The highest BCUT2D eigenvalue weighted by Crippen LogP contribution is 2.22. The van der Waals surface area contributed by atoms with Crippen LogP contribution < -0.4 is 4.74 Å². The second-order valence-corrected chi connectivity index (χ2v) is 3.79. The van der Waals surface area contributed by atoms with E-state index < -0.39 is 18.7 Å². The van der Waals surface area contributed by atoms with E-state index in [1.807, 2.05) is 6.07 Å². The average Bonchev–Trinajstić information content (AvgIpc) is 2.26. The fourth-order valence-electron chi connectivity index (χ4n) is 1.33. The third-order valence-corrected chi connectivity index (χ3v) is 2.18. The first-order valence-corrected chi connectivity index (χ1v) is 5.40. The number of aliphatic hydroxyl groups excluding tert-OH is 1. The molecule has 5 heteroatoms. The van der Waals surface area contributed by atoms with Crippen molar-refractivity contribution in [3.63, 3.8) is 0 Å². The van der Waals surface area contributed by atoms with Crippen molar-refractivity contribution in [1.82, 2.24) is 0 Å². The van der Waals surface area contributed by atoms with Crippen LogP contribution >= 0.6 is 0 Å². The Morgan fingerprint density at radius 3 is 2.41 bits per heavy atom. The van der Waals surface area contributed by atoms with Crippen molar-refractivity contribution in [2.45, 2.75) is 31.5 Å². The molecule has 1 aromatic carbocycles. The number of hydrogen-bond acceptors (Lipinski definition) is 2. The Morgan fingerprint density at radius 2 is 1.82 bits per heavy atom. The summed E-state index contributed by atoms with van der Waals surface area (Å²) >= 11 is 0. The molecule has 0 fully saturated rings. The molecule has 17 heavy (non-hydrogen) atoms. The van der Waals surface area contributed by atoms with Gasteiger partial charge in [0.05, 0.1) is 6.10 Å². The summed E-state index contributed by atoms with van der Waals surface area (Å²) in [5.41, 5.74) is 0. The third kappa shape index (κ3) is 6.84. The zero-order chi connectivity index (χ0) is 12.7. The molecular weight excluding hydrogens is 233 g/mol. The first-order valence-electron chi connectivity index (χ1n) is 5.40. The lowest BCUT2D eigenvalue weighted by molar-refractivity contribution is -0.136. The van der Waals surface area contributed by atoms with Crippen LogP contribution in [0.4, 0.5) is 13.2 Å². The number of para-hydroxylation sites is 1. The van der Waals surface area contributed by atoms with E-state index in [9.17, 15) is 18.3 Å². The number of ether oxygens (including phenoxy) is 1. The highest BCUT2D eigenvalue weighted by atomic mass is 19.4. The minimum atomic E-state index is -4.15. The molecule has 0 aliphatic rings. The number of benzene rings is 1. The lowest BCUT2D eigenvalue weighted by Gasteiger charge is -2.12. The maximum absolute atomic E-state index is 11.8. The molecule has 0 bridgehead atoms. The molecule has 0 saturated heterocycles. The van der Waals surface area contributed by atoms with Gasteiger partial charge in [0.1, 0.15) is 12.4 Å². The number of aliphatic hydroxyl groups is 1. The Bertz CT molecular complexity index is 311. The van der Waals surface area contributed by atoms with Gasteiger partial charge < -0.3 is 9.84 Å². The van der Waals surface area contributed by atoms with Gasteiger partial charge >= 0.3 is 6.18 Å². The Kier molecular flexibility index (Phi) is 5.28. The Labute approximate surface area is 98.0 Å². The molecule has 1 rings (SSSR count). The third-order valence-electron chi connectivity index (χ3n) is 2.18. The van der Waals surface area contributed by atoms with Crippen molar-refractivity contribution < 1.29 is 23.0 Å². The summed E-state index contributed by atoms with van der Waals surface area (Å²) in [5, 5.41) is 9.41. The zero-order valence-electron chi connectivity index (χ0n) is 9.28. The van der Waals surface area contributed by atoms with Crippen molar-refractivity contribution >= 4 is 0 Å². The highest BCUT2D eigenvalue weighted by Gasteiger charge is 2.26. The molecule has 0 aliphatic carbocycles. The fourth-order valence-corrected chi connectivity index (χ4v) is 1.33. The lowest BCUT2D eigenvalue weighted by Crippen LogP contribution is -2.18. The predicted octanol–water partition coefficient (Wildman–Crippen LogP) is 3.16. The SMILES string of the molecule is OC(CCCC(F)(F)F)COc1ccccc1. The van der Waals surface area contributed by atoms with Gasteiger partial charge in [-0.1, -0.05) is 18.2 Å². The minimum Gasteiger partial charge on any atom is -0.491 e. The second-order valence-electron chi connectivity index (χ2n) is 3.79. The monoisotopic (exact) mass is 248 g/mol. The van der Waals surface area contributed by atoms with Crippen LogP contribution in [-0.2, 0) is 0 Å². The molecule has 1 aromatic rings. The van der Waals surface area contributed by atoms with Gasteiger partial charge in [-0.2, -0.15) is 13.2 Å². The molecule has 0 spiro atoms. The van der Waals surface area contributed by atoms with Gasteiger partial charge in [-0.3, -0.25) is 0 Å². The summed E-state index contributed by atoms with van der Waals surface area (Å²) in [6.07, 6.45) is -5.87. The smallest absolute Gasteiger partial charge is 0.389 e. The van der Waals surface area contributed by atoms with Crippen LogP contribution in [0, 0.1) is 0 Å². The Balaban J connectivity index is 2.15. The van der Waals surface area contributed by atoms with Crippen molar-refractivity contribution in [2.24, 2.45) is 0 Å². The molecule has 0 aliphatic heterocycles. The van der Waals surface area contributed by atoms with Crippen LogP contribution in [0.1, 0.15) is 19.3 Å². The van der Waals surface area contributed by atoms with Crippen molar-refractivity contribution in [2.75, 3.05) is 6.61 Å². The largest absolute Gasteiger partial charge is 0.491 e. The van der Waals surface area contributed by atoms with E-state index in [1.54, 1.807) is 24.3 Å². The van der Waals surface area contributed by atoms with E-state index in [1.165, 1.54) is 0 Å². The molecule has 96 valence electrons. The van der Waals surface area contributed by atoms with Gasteiger partial charge in [0, 0.05) is 6.42 Å². The molecule has 2 nitrogen and oxygen atoms in total. The van der Waals surface area contributed by atoms with Crippen molar-refractivity contribution in [3.05, 3.63) is 30.3 Å². The van der Waals surface area contributed by atoms with Crippen molar-refractivity contribution in [1.29, 1.82) is 0 Å². The van der Waals surface area contributed by atoms with E-state index in [4.69, 9.17) is 4.74 Å². The molecule has 1 N–H and O–H groups in total. The van der Waals surface area contributed by atoms with Crippen LogP contribution in [0.2, 0.25) is 0 Å². The number of hydrogen-bond donors (Lipinski definition) is 1. The molecule has 0 heterocycles. The molecule has 0 aromatic heterocycles. The standard InChI is InChI=1S/C12H15F3O2/c13-12(14,15)8-4-5-10(16)9-17-11-6-2-1-3-7-11/h1-3,6-7,10,16H,4-5,8-9H2. The van der Waals surface area contributed by atoms with Gasteiger partial charge in [0.25, 0.3) is 0 Å². The molecule has 1 atom stereocenters. The number of alkyl halides is 3. The molecule has 0 radical (unpaired) electrons. The van der Waals surface area contributed by atoms with Gasteiger partial charge in [-0.25, -0.2) is 0 Å². The first-order chi connectivity index (χ1) is 7.97. The summed E-state index contributed by atoms with van der Waals surface area (Å²) in [6.45, 7) is 0.0157. The van der Waals surface area contributed by atoms with Gasteiger partial charge in [0.2, 0.25) is 0 Å². The van der Waals surface area contributed by atoms with Crippen LogP contribution in [0.5, 0.6) is 5.75 Å². The Hall–Kier alpha value is -1.23. The van der Waals surface area contributed by atoms with Gasteiger partial charge in [-0.15, -0.1) is 0 Å². The molecule has 0 saturated carbocycles. The predicted molar refractivity (Wildman–Crippen MR) is 57.8 cm³/mol. The highest BCUT2D eigenvalue weighted by molar-refractivity contribution is 5.20. The average molecular weight is 248 g/mol. The summed E-state index contributed by atoms with van der Waals surface area (Å²) in [7, 11) is 0. The van der Waals surface area contributed by atoms with Crippen LogP contribution in [0.15, 0.2) is 30.3 Å². The van der Waals surface area contributed by atoms with E-state index in [0.29, 0.717) is 5.75 Å². The van der Waals surface area contributed by atoms with Gasteiger partial charge in [-0.05, 0) is 25.0 Å². The van der Waals surface area contributed by atoms with Crippen LogP contribution in [-0.4, -0.2) is 24.0 Å². The first kappa shape index (κ1) is 13.8. The number of halogens is 3. The Morgan fingerprint density at radius 1 is 1.18 bits per heavy atom. The lowest BCUT2D eigenvalue weighted by atomic mass is 10.1. The van der Waals surface area contributed by atoms with Gasteiger partial charge in [0.15, 0.2) is 0 Å². The second kappa shape index (κ2) is 6.49. The summed E-state index contributed by atoms with van der Waals surface area (Å²) in [6, 6.07) is 8.84. The normalized spacial score (nSPS) is 13.4. The summed E-state index contributed by atoms with van der Waals surface area (Å²) in [4.78, 5) is 0.